The molecule has 2 N–H and O–H groups in total. The van der Waals surface area contributed by atoms with Gasteiger partial charge in [0.25, 0.3) is 0 Å². The van der Waals surface area contributed by atoms with Crippen LogP contribution in [0.15, 0.2) is 29.2 Å². The summed E-state index contributed by atoms with van der Waals surface area (Å²) >= 11 is 1.71. The lowest BCUT2D eigenvalue weighted by Crippen LogP contribution is -2.10. The van der Waals surface area contributed by atoms with Gasteiger partial charge in [-0.15, -0.1) is 0 Å². The largest absolute Gasteiger partial charge is 0.326 e. The first-order valence-electron chi connectivity index (χ1n) is 6.59. The quantitative estimate of drug-likeness (QED) is 0.750. The second-order valence-corrected chi connectivity index (χ2v) is 8.02. The van der Waals surface area contributed by atoms with E-state index >= 15 is 0 Å². The molecule has 0 radical (unpaired) electrons. The number of hydrogen-bond donors (Lipinski definition) is 1. The zero-order valence-corrected chi connectivity index (χ0v) is 13.3. The van der Waals surface area contributed by atoms with Crippen molar-refractivity contribution >= 4 is 21.6 Å². The van der Waals surface area contributed by atoms with Crippen molar-refractivity contribution in [1.29, 1.82) is 0 Å². The summed E-state index contributed by atoms with van der Waals surface area (Å²) in [6.07, 6.45) is 1.14. The number of nitrogens with two attached hydrogens (primary N) is 1. The number of benzene rings is 1. The molecule has 1 atom stereocenters. The Hall–Kier alpha value is -0.520. The molecule has 0 saturated carbocycles. The van der Waals surface area contributed by atoms with Crippen LogP contribution in [0.2, 0.25) is 0 Å². The van der Waals surface area contributed by atoms with Crippen molar-refractivity contribution in [2.45, 2.75) is 31.7 Å². The molecule has 5 heteroatoms. The number of thioether (sulfide) groups is 1. The van der Waals surface area contributed by atoms with E-state index in [1.165, 1.54) is 0 Å². The first-order valence-corrected chi connectivity index (χ1v) is 9.39. The zero-order chi connectivity index (χ0) is 14.3. The molecule has 0 amide bonds. The highest BCUT2D eigenvalue weighted by atomic mass is 32.2. The lowest BCUT2D eigenvalue weighted by Gasteiger charge is -2.08. The highest BCUT2D eigenvalue weighted by Crippen LogP contribution is 2.16. The smallest absolute Gasteiger partial charge is 0.179 e. The van der Waals surface area contributed by atoms with Crippen LogP contribution >= 0.6 is 11.8 Å². The third kappa shape index (κ3) is 5.55. The molecule has 1 aromatic rings. The molecule has 0 heterocycles. The van der Waals surface area contributed by atoms with E-state index in [9.17, 15) is 8.42 Å². The highest BCUT2D eigenvalue weighted by molar-refractivity contribution is 8.00. The summed E-state index contributed by atoms with van der Waals surface area (Å²) in [5.74, 6) is 2.52. The van der Waals surface area contributed by atoms with Gasteiger partial charge in [0.05, 0.1) is 10.6 Å². The van der Waals surface area contributed by atoms with Gasteiger partial charge in [0, 0.05) is 12.3 Å². The topological polar surface area (TPSA) is 60.2 Å². The van der Waals surface area contributed by atoms with Gasteiger partial charge in [0.15, 0.2) is 9.84 Å². The van der Waals surface area contributed by atoms with Crippen LogP contribution < -0.4 is 5.73 Å². The van der Waals surface area contributed by atoms with Crippen molar-refractivity contribution in [2.75, 3.05) is 17.3 Å². The van der Waals surface area contributed by atoms with E-state index in [0.29, 0.717) is 23.1 Å². The Labute approximate surface area is 120 Å². The summed E-state index contributed by atoms with van der Waals surface area (Å²) in [6.45, 7) is 4.71. The van der Waals surface area contributed by atoms with Crippen LogP contribution in [-0.2, 0) is 16.4 Å². The fourth-order valence-electron chi connectivity index (χ4n) is 1.55. The molecule has 3 nitrogen and oxygen atoms in total. The van der Waals surface area contributed by atoms with Gasteiger partial charge >= 0.3 is 0 Å². The van der Waals surface area contributed by atoms with Crippen LogP contribution in [0.1, 0.15) is 25.8 Å². The van der Waals surface area contributed by atoms with Gasteiger partial charge < -0.3 is 5.73 Å². The van der Waals surface area contributed by atoms with Crippen molar-refractivity contribution in [1.82, 2.24) is 0 Å². The van der Waals surface area contributed by atoms with Crippen LogP contribution in [0.4, 0.5) is 0 Å². The minimum atomic E-state index is -3.17. The standard InChI is InChI=1S/C14H23NO2S2/c1-3-12(2)11-18-7-8-19(16,17)14-6-4-5-13(9-14)10-15/h4-6,9,12H,3,7-8,10-11,15H2,1-2H3. The lowest BCUT2D eigenvalue weighted by molar-refractivity contribution is 0.597. The molecule has 0 aliphatic rings. The van der Waals surface area contributed by atoms with Gasteiger partial charge in [-0.3, -0.25) is 0 Å². The van der Waals surface area contributed by atoms with E-state index in [-0.39, 0.29) is 5.75 Å². The van der Waals surface area contributed by atoms with E-state index in [0.717, 1.165) is 17.7 Å². The molecule has 1 unspecified atom stereocenters. The Bertz CT molecular complexity index is 486. The third-order valence-electron chi connectivity index (χ3n) is 3.09. The minimum Gasteiger partial charge on any atom is -0.326 e. The maximum Gasteiger partial charge on any atom is 0.179 e. The predicted octanol–water partition coefficient (Wildman–Crippen LogP) is 2.70. The number of sulfone groups is 1. The molecule has 0 aliphatic heterocycles. The average molecular weight is 301 g/mol. The van der Waals surface area contributed by atoms with Crippen LogP contribution in [0.5, 0.6) is 0 Å². The summed E-state index contributed by atoms with van der Waals surface area (Å²) in [7, 11) is -3.17. The summed E-state index contributed by atoms with van der Waals surface area (Å²) in [6, 6.07) is 6.92. The van der Waals surface area contributed by atoms with Gasteiger partial charge in [-0.05, 0) is 29.4 Å². The lowest BCUT2D eigenvalue weighted by atomic mass is 10.2. The molecular weight excluding hydrogens is 278 g/mol. The van der Waals surface area contributed by atoms with Gasteiger partial charge in [-0.25, -0.2) is 8.42 Å². The van der Waals surface area contributed by atoms with Crippen molar-refractivity contribution < 1.29 is 8.42 Å². The van der Waals surface area contributed by atoms with Crippen LogP contribution in [-0.4, -0.2) is 25.7 Å². The van der Waals surface area contributed by atoms with Crippen LogP contribution in [0.25, 0.3) is 0 Å². The molecule has 0 fully saturated rings. The fourth-order valence-corrected chi connectivity index (χ4v) is 4.56. The third-order valence-corrected chi connectivity index (χ3v) is 6.36. The fraction of sp³-hybridized carbons (Fsp3) is 0.571. The van der Waals surface area contributed by atoms with Gasteiger partial charge in [0.1, 0.15) is 0 Å². The Morgan fingerprint density at radius 3 is 2.74 bits per heavy atom. The van der Waals surface area contributed by atoms with E-state index in [1.807, 2.05) is 6.07 Å². The van der Waals surface area contributed by atoms with Crippen molar-refractivity contribution in [3.05, 3.63) is 29.8 Å². The summed E-state index contributed by atoms with van der Waals surface area (Å²) in [5.41, 5.74) is 6.39. The van der Waals surface area contributed by atoms with E-state index in [1.54, 1.807) is 30.0 Å². The Balaban J connectivity index is 2.56. The Morgan fingerprint density at radius 2 is 2.11 bits per heavy atom. The Kier molecular flexibility index (Phi) is 6.89. The molecule has 108 valence electrons. The summed E-state index contributed by atoms with van der Waals surface area (Å²) in [4.78, 5) is 0.389. The SMILES string of the molecule is CCC(C)CSCCS(=O)(=O)c1cccc(CN)c1. The maximum atomic E-state index is 12.2. The van der Waals surface area contributed by atoms with Crippen molar-refractivity contribution in [3.8, 4) is 0 Å². The summed E-state index contributed by atoms with van der Waals surface area (Å²) in [5, 5.41) is 0. The maximum absolute atomic E-state index is 12.2. The second kappa shape index (κ2) is 7.92. The molecule has 0 spiro atoms. The second-order valence-electron chi connectivity index (χ2n) is 4.76. The van der Waals surface area contributed by atoms with E-state index in [2.05, 4.69) is 13.8 Å². The number of rotatable bonds is 8. The Morgan fingerprint density at radius 1 is 1.37 bits per heavy atom. The first kappa shape index (κ1) is 16.5. The average Bonchev–Trinajstić information content (AvgIpc) is 2.43. The van der Waals surface area contributed by atoms with Crippen LogP contribution in [0.3, 0.4) is 0 Å². The van der Waals surface area contributed by atoms with E-state index < -0.39 is 9.84 Å². The van der Waals surface area contributed by atoms with Crippen molar-refractivity contribution in [2.24, 2.45) is 11.7 Å². The minimum absolute atomic E-state index is 0.197. The van der Waals surface area contributed by atoms with Crippen molar-refractivity contribution in [3.63, 3.8) is 0 Å². The predicted molar refractivity (Wildman–Crippen MR) is 83.2 cm³/mol. The molecule has 1 rings (SSSR count). The molecule has 0 aliphatic carbocycles. The number of hydrogen-bond acceptors (Lipinski definition) is 4. The normalized spacial score (nSPS) is 13.4. The summed E-state index contributed by atoms with van der Waals surface area (Å²) < 4.78 is 24.3. The van der Waals surface area contributed by atoms with Crippen LogP contribution in [0, 0.1) is 5.92 Å². The molecule has 19 heavy (non-hydrogen) atoms. The van der Waals surface area contributed by atoms with E-state index in [4.69, 9.17) is 5.73 Å². The van der Waals surface area contributed by atoms with Gasteiger partial charge in [-0.1, -0.05) is 32.4 Å². The highest BCUT2D eigenvalue weighted by Gasteiger charge is 2.14. The molecule has 0 saturated heterocycles. The van der Waals surface area contributed by atoms with Gasteiger partial charge in [-0.2, -0.15) is 11.8 Å². The van der Waals surface area contributed by atoms with Gasteiger partial charge in [0.2, 0.25) is 0 Å². The molecule has 0 aromatic heterocycles. The molecule has 1 aromatic carbocycles. The zero-order valence-electron chi connectivity index (χ0n) is 11.6. The monoisotopic (exact) mass is 301 g/mol. The first-order chi connectivity index (χ1) is 8.99. The molecular formula is C14H23NO2S2. The molecule has 0 bridgehead atoms.